The van der Waals surface area contributed by atoms with Crippen molar-refractivity contribution >= 4 is 5.97 Å². The Bertz CT molecular complexity index is 428. The number of nitrogens with zero attached hydrogens (tertiary/aromatic N) is 3. The van der Waals surface area contributed by atoms with E-state index in [0.717, 1.165) is 0 Å². The second-order valence-electron chi connectivity index (χ2n) is 4.46. The first-order valence-electron chi connectivity index (χ1n) is 6.34. The smallest absolute Gasteiger partial charge is 0.339 e. The minimum atomic E-state index is -1.02. The van der Waals surface area contributed by atoms with Crippen molar-refractivity contribution in [3.63, 3.8) is 0 Å². The van der Waals surface area contributed by atoms with E-state index in [0.29, 0.717) is 32.0 Å². The van der Waals surface area contributed by atoms with Crippen LogP contribution in [0.1, 0.15) is 23.0 Å². The van der Waals surface area contributed by atoms with Crippen LogP contribution in [0.15, 0.2) is 12.5 Å². The summed E-state index contributed by atoms with van der Waals surface area (Å²) in [5, 5.41) is 9.15. The molecule has 20 heavy (non-hydrogen) atoms. The van der Waals surface area contributed by atoms with Crippen LogP contribution in [-0.2, 0) is 16.0 Å². The van der Waals surface area contributed by atoms with Crippen LogP contribution in [0.2, 0.25) is 0 Å². The van der Waals surface area contributed by atoms with Gasteiger partial charge in [-0.2, -0.15) is 0 Å². The first-order chi connectivity index (χ1) is 9.60. The molecule has 7 nitrogen and oxygen atoms in total. The van der Waals surface area contributed by atoms with Gasteiger partial charge in [0.15, 0.2) is 0 Å². The molecular weight excluding hydrogens is 262 g/mol. The molecule has 1 atom stereocenters. The minimum Gasteiger partial charge on any atom is -0.478 e. The van der Waals surface area contributed by atoms with Crippen LogP contribution in [0.3, 0.4) is 0 Å². The molecule has 0 aliphatic carbocycles. The molecule has 0 aliphatic heterocycles. The predicted octanol–water partition coefficient (Wildman–Crippen LogP) is 0.658. The third-order valence-electron chi connectivity index (χ3n) is 2.99. The average molecular weight is 283 g/mol. The van der Waals surface area contributed by atoms with Gasteiger partial charge >= 0.3 is 5.97 Å². The monoisotopic (exact) mass is 283 g/mol. The fraction of sp³-hybridized carbons (Fsp3) is 0.615. The number of carboxylic acids is 1. The van der Waals surface area contributed by atoms with Gasteiger partial charge in [-0.05, 0) is 6.92 Å². The molecule has 1 aromatic heterocycles. The summed E-state index contributed by atoms with van der Waals surface area (Å²) in [5.74, 6) is -1.02. The highest BCUT2D eigenvalue weighted by molar-refractivity contribution is 5.88. The van der Waals surface area contributed by atoms with Gasteiger partial charge in [-0.15, -0.1) is 0 Å². The highest BCUT2D eigenvalue weighted by atomic mass is 16.5. The number of ether oxygens (including phenoxy) is 2. The van der Waals surface area contributed by atoms with Crippen molar-refractivity contribution in [3.8, 4) is 0 Å². The van der Waals surface area contributed by atoms with Crippen molar-refractivity contribution in [1.29, 1.82) is 0 Å². The third kappa shape index (κ3) is 4.84. The third-order valence-corrected chi connectivity index (χ3v) is 2.99. The summed E-state index contributed by atoms with van der Waals surface area (Å²) >= 11 is 0. The summed E-state index contributed by atoms with van der Waals surface area (Å²) < 4.78 is 10.2. The molecule has 0 spiro atoms. The van der Waals surface area contributed by atoms with Crippen molar-refractivity contribution < 1.29 is 19.4 Å². The lowest BCUT2D eigenvalue weighted by Crippen LogP contribution is -2.38. The van der Waals surface area contributed by atoms with Crippen molar-refractivity contribution in [1.82, 2.24) is 14.9 Å². The molecule has 0 saturated heterocycles. The number of rotatable bonds is 9. The standard InChI is InChI=1S/C13H21N3O4/c1-10(8-20-3)16(4-5-19-2)7-12-11(13(17)18)6-14-9-15-12/h6,9-10H,4-5,7-8H2,1-3H3,(H,17,18). The van der Waals surface area contributed by atoms with Crippen LogP contribution in [0, 0.1) is 0 Å². The van der Waals surface area contributed by atoms with Crippen molar-refractivity contribution in [2.75, 3.05) is 34.0 Å². The Labute approximate surface area is 118 Å². The number of methoxy groups -OCH3 is 2. The second kappa shape index (κ2) is 8.57. The highest BCUT2D eigenvalue weighted by Crippen LogP contribution is 2.10. The summed E-state index contributed by atoms with van der Waals surface area (Å²) in [6.45, 7) is 4.21. The Balaban J connectivity index is 2.85. The molecule has 112 valence electrons. The Hall–Kier alpha value is -1.57. The summed E-state index contributed by atoms with van der Waals surface area (Å²) in [6.07, 6.45) is 2.68. The maximum atomic E-state index is 11.2. The van der Waals surface area contributed by atoms with Crippen LogP contribution in [-0.4, -0.2) is 66.0 Å². The van der Waals surface area contributed by atoms with Gasteiger partial charge in [-0.3, -0.25) is 4.90 Å². The number of carboxylic acid groups (broad SMARTS) is 1. The first-order valence-corrected chi connectivity index (χ1v) is 6.34. The average Bonchev–Trinajstić information content (AvgIpc) is 2.43. The van der Waals surface area contributed by atoms with Crippen molar-refractivity contribution in [2.24, 2.45) is 0 Å². The Morgan fingerprint density at radius 3 is 2.80 bits per heavy atom. The van der Waals surface area contributed by atoms with Gasteiger partial charge < -0.3 is 14.6 Å². The Kier molecular flexibility index (Phi) is 7.06. The van der Waals surface area contributed by atoms with Crippen molar-refractivity contribution in [3.05, 3.63) is 23.8 Å². The summed E-state index contributed by atoms with van der Waals surface area (Å²) in [5.41, 5.74) is 0.617. The normalized spacial score (nSPS) is 12.6. The number of hydrogen-bond donors (Lipinski definition) is 1. The van der Waals surface area contributed by atoms with E-state index in [2.05, 4.69) is 14.9 Å². The van der Waals surface area contributed by atoms with Crippen LogP contribution in [0.5, 0.6) is 0 Å². The van der Waals surface area contributed by atoms with Crippen LogP contribution in [0.25, 0.3) is 0 Å². The molecule has 0 amide bonds. The molecule has 1 heterocycles. The largest absolute Gasteiger partial charge is 0.478 e. The van der Waals surface area contributed by atoms with Gasteiger partial charge in [-0.25, -0.2) is 14.8 Å². The fourth-order valence-electron chi connectivity index (χ4n) is 1.86. The molecule has 1 rings (SSSR count). The Morgan fingerprint density at radius 1 is 1.45 bits per heavy atom. The van der Waals surface area contributed by atoms with Gasteiger partial charge in [0.25, 0.3) is 0 Å². The number of hydrogen-bond acceptors (Lipinski definition) is 6. The van der Waals surface area contributed by atoms with E-state index in [4.69, 9.17) is 14.6 Å². The van der Waals surface area contributed by atoms with Gasteiger partial charge in [0.1, 0.15) is 11.9 Å². The molecule has 0 saturated carbocycles. The molecule has 0 aromatic carbocycles. The van der Waals surface area contributed by atoms with Crippen LogP contribution in [0.4, 0.5) is 0 Å². The van der Waals surface area contributed by atoms with E-state index in [1.165, 1.54) is 12.5 Å². The van der Waals surface area contributed by atoms with Gasteiger partial charge in [0.2, 0.25) is 0 Å². The van der Waals surface area contributed by atoms with E-state index >= 15 is 0 Å². The maximum Gasteiger partial charge on any atom is 0.339 e. The maximum absolute atomic E-state index is 11.2. The van der Waals surface area contributed by atoms with Crippen LogP contribution < -0.4 is 0 Å². The predicted molar refractivity (Wildman–Crippen MR) is 72.6 cm³/mol. The lowest BCUT2D eigenvalue weighted by Gasteiger charge is -2.28. The number of aromatic carboxylic acids is 1. The molecule has 1 unspecified atom stereocenters. The molecule has 1 N–H and O–H groups in total. The van der Waals surface area contributed by atoms with E-state index in [-0.39, 0.29) is 11.6 Å². The first kappa shape index (κ1) is 16.5. The zero-order chi connectivity index (χ0) is 15.0. The minimum absolute atomic E-state index is 0.125. The zero-order valence-electron chi connectivity index (χ0n) is 12.1. The van der Waals surface area contributed by atoms with Crippen LogP contribution >= 0.6 is 0 Å². The second-order valence-corrected chi connectivity index (χ2v) is 4.46. The molecular formula is C13H21N3O4. The lowest BCUT2D eigenvalue weighted by molar-refractivity contribution is 0.0657. The Morgan fingerprint density at radius 2 is 2.20 bits per heavy atom. The molecule has 0 fully saturated rings. The van der Waals surface area contributed by atoms with Gasteiger partial charge in [0.05, 0.1) is 18.9 Å². The zero-order valence-corrected chi connectivity index (χ0v) is 12.1. The summed E-state index contributed by atoms with van der Waals surface area (Å²) in [4.78, 5) is 21.1. The number of aromatic nitrogens is 2. The van der Waals surface area contributed by atoms with E-state index in [1.807, 2.05) is 6.92 Å². The van der Waals surface area contributed by atoms with Gasteiger partial charge in [0, 0.05) is 39.5 Å². The quantitative estimate of drug-likeness (QED) is 0.712. The van der Waals surface area contributed by atoms with E-state index in [9.17, 15) is 4.79 Å². The summed E-state index contributed by atoms with van der Waals surface area (Å²) in [6, 6.07) is 0.131. The molecule has 1 aromatic rings. The lowest BCUT2D eigenvalue weighted by atomic mass is 10.2. The molecule has 0 bridgehead atoms. The molecule has 0 aliphatic rings. The fourth-order valence-corrected chi connectivity index (χ4v) is 1.86. The topological polar surface area (TPSA) is 84.8 Å². The van der Waals surface area contributed by atoms with E-state index < -0.39 is 5.97 Å². The number of carbonyl (C=O) groups is 1. The molecule has 7 heteroatoms. The van der Waals surface area contributed by atoms with E-state index in [1.54, 1.807) is 14.2 Å². The summed E-state index contributed by atoms with van der Waals surface area (Å²) in [7, 11) is 3.27. The molecule has 0 radical (unpaired) electrons. The van der Waals surface area contributed by atoms with Gasteiger partial charge in [-0.1, -0.05) is 0 Å². The highest BCUT2D eigenvalue weighted by Gasteiger charge is 2.19. The van der Waals surface area contributed by atoms with Crippen molar-refractivity contribution in [2.45, 2.75) is 19.5 Å². The SMILES string of the molecule is COCCN(Cc1ncncc1C(=O)O)C(C)COC.